The van der Waals surface area contributed by atoms with E-state index in [1.54, 1.807) is 0 Å². The molecule has 0 aliphatic rings. The van der Waals surface area contributed by atoms with Crippen LogP contribution in [0.4, 0.5) is 0 Å². The van der Waals surface area contributed by atoms with Gasteiger partial charge in [0.2, 0.25) is 0 Å². The summed E-state index contributed by atoms with van der Waals surface area (Å²) >= 11 is 0. The first-order chi connectivity index (χ1) is 4.22. The number of hydrogen-bond acceptors (Lipinski definition) is 2. The van der Waals surface area contributed by atoms with Crippen LogP contribution >= 0.6 is 0 Å². The molecular weight excluding hydrogens is 114 g/mol. The second kappa shape index (κ2) is 4.37. The molecule has 1 N–H and O–H groups in total. The van der Waals surface area contributed by atoms with Crippen molar-refractivity contribution in [2.24, 2.45) is 0 Å². The van der Waals surface area contributed by atoms with Crippen LogP contribution in [0, 0.1) is 12.3 Å². The van der Waals surface area contributed by atoms with Gasteiger partial charge in [-0.05, 0) is 14.0 Å². The molecule has 1 unspecified atom stereocenters. The normalized spacial score (nSPS) is 13.2. The molecule has 0 saturated heterocycles. The number of terminal acetylenes is 1. The van der Waals surface area contributed by atoms with Crippen LogP contribution in [0.3, 0.4) is 0 Å². The van der Waals surface area contributed by atoms with E-state index in [0.717, 1.165) is 0 Å². The summed E-state index contributed by atoms with van der Waals surface area (Å²) in [4.78, 5) is 1.92. The molecule has 2 nitrogen and oxygen atoms in total. The number of likely N-dealkylation sites (N-methyl/N-ethyl adjacent to an activating group) is 1. The maximum absolute atomic E-state index is 8.47. The van der Waals surface area contributed by atoms with Crippen LogP contribution in [0.25, 0.3) is 0 Å². The first-order valence-electron chi connectivity index (χ1n) is 2.99. The first-order valence-corrected chi connectivity index (χ1v) is 2.99. The molecular formula is C7H13NO. The highest BCUT2D eigenvalue weighted by atomic mass is 16.3. The predicted octanol–water partition coefficient (Wildman–Crippen LogP) is -0.0678. The van der Waals surface area contributed by atoms with E-state index in [0.29, 0.717) is 6.54 Å². The zero-order valence-corrected chi connectivity index (χ0v) is 5.96. The highest BCUT2D eigenvalue weighted by Gasteiger charge is 2.02. The summed E-state index contributed by atoms with van der Waals surface area (Å²) in [5.74, 6) is 2.56. The molecule has 0 rings (SSSR count). The summed E-state index contributed by atoms with van der Waals surface area (Å²) in [5, 5.41) is 8.47. The maximum Gasteiger partial charge on any atom is 0.0681 e. The van der Waals surface area contributed by atoms with Crippen molar-refractivity contribution in [1.82, 2.24) is 4.90 Å². The monoisotopic (exact) mass is 127 g/mol. The molecule has 0 amide bonds. The minimum absolute atomic E-state index is 0.122. The van der Waals surface area contributed by atoms with Gasteiger partial charge in [-0.15, -0.1) is 6.42 Å². The van der Waals surface area contributed by atoms with E-state index >= 15 is 0 Å². The number of hydrogen-bond donors (Lipinski definition) is 1. The summed E-state index contributed by atoms with van der Waals surface area (Å²) in [6.45, 7) is 2.74. The molecule has 0 radical (unpaired) electrons. The predicted molar refractivity (Wildman–Crippen MR) is 38.0 cm³/mol. The van der Waals surface area contributed by atoms with Crippen molar-refractivity contribution in [2.75, 3.05) is 20.2 Å². The van der Waals surface area contributed by atoms with Gasteiger partial charge in [0.25, 0.3) is 0 Å². The lowest BCUT2D eigenvalue weighted by Crippen LogP contribution is -2.30. The van der Waals surface area contributed by atoms with Gasteiger partial charge in [-0.2, -0.15) is 0 Å². The van der Waals surface area contributed by atoms with Crippen molar-refractivity contribution < 1.29 is 5.11 Å². The van der Waals surface area contributed by atoms with Crippen molar-refractivity contribution in [1.29, 1.82) is 0 Å². The topological polar surface area (TPSA) is 23.5 Å². The summed E-state index contributed by atoms with van der Waals surface area (Å²) in [5.41, 5.74) is 0. The molecule has 9 heavy (non-hydrogen) atoms. The Morgan fingerprint density at radius 2 is 2.33 bits per heavy atom. The Kier molecular flexibility index (Phi) is 4.12. The van der Waals surface area contributed by atoms with Crippen LogP contribution < -0.4 is 0 Å². The van der Waals surface area contributed by atoms with E-state index in [1.807, 2.05) is 18.9 Å². The van der Waals surface area contributed by atoms with Crippen LogP contribution in [0.2, 0.25) is 0 Å². The van der Waals surface area contributed by atoms with Gasteiger partial charge >= 0.3 is 0 Å². The largest absolute Gasteiger partial charge is 0.395 e. The Labute approximate surface area is 56.5 Å². The Morgan fingerprint density at radius 1 is 1.78 bits per heavy atom. The minimum Gasteiger partial charge on any atom is -0.395 e. The maximum atomic E-state index is 8.47. The molecule has 0 spiro atoms. The van der Waals surface area contributed by atoms with Gasteiger partial charge in [0.15, 0.2) is 0 Å². The highest BCUT2D eigenvalue weighted by Crippen LogP contribution is 1.90. The fraction of sp³-hybridized carbons (Fsp3) is 0.714. The van der Waals surface area contributed by atoms with E-state index in [4.69, 9.17) is 11.5 Å². The van der Waals surface area contributed by atoms with Gasteiger partial charge in [0, 0.05) is 6.54 Å². The molecule has 1 atom stereocenters. The van der Waals surface area contributed by atoms with Gasteiger partial charge in [0.1, 0.15) is 0 Å². The highest BCUT2D eigenvalue weighted by molar-refractivity contribution is 4.96. The molecule has 0 aliphatic heterocycles. The third-order valence-electron chi connectivity index (χ3n) is 1.36. The summed E-state index contributed by atoms with van der Waals surface area (Å²) in [7, 11) is 1.89. The zero-order chi connectivity index (χ0) is 7.28. The number of rotatable bonds is 3. The van der Waals surface area contributed by atoms with E-state index in [9.17, 15) is 0 Å². The summed E-state index contributed by atoms with van der Waals surface area (Å²) < 4.78 is 0. The molecule has 0 aromatic heterocycles. The van der Waals surface area contributed by atoms with E-state index in [1.165, 1.54) is 0 Å². The van der Waals surface area contributed by atoms with Gasteiger partial charge in [0.05, 0.1) is 12.6 Å². The second-order valence-corrected chi connectivity index (χ2v) is 2.05. The second-order valence-electron chi connectivity index (χ2n) is 2.05. The zero-order valence-electron chi connectivity index (χ0n) is 5.96. The number of aliphatic hydroxyl groups is 1. The molecule has 0 heterocycles. The molecule has 0 aliphatic carbocycles. The van der Waals surface area contributed by atoms with E-state index < -0.39 is 0 Å². The van der Waals surface area contributed by atoms with Crippen LogP contribution in [0.5, 0.6) is 0 Å². The lowest BCUT2D eigenvalue weighted by molar-refractivity contribution is 0.209. The van der Waals surface area contributed by atoms with Gasteiger partial charge in [-0.1, -0.05) is 5.92 Å². The van der Waals surface area contributed by atoms with Crippen LogP contribution in [0.15, 0.2) is 0 Å². The Morgan fingerprint density at radius 3 is 2.67 bits per heavy atom. The van der Waals surface area contributed by atoms with E-state index in [2.05, 4.69) is 5.92 Å². The van der Waals surface area contributed by atoms with Crippen LogP contribution in [0.1, 0.15) is 6.92 Å². The molecule has 0 saturated carbocycles. The van der Waals surface area contributed by atoms with Crippen molar-refractivity contribution in [2.45, 2.75) is 13.0 Å². The Balaban J connectivity index is 3.48. The number of nitrogens with zero attached hydrogens (tertiary/aromatic N) is 1. The fourth-order valence-electron chi connectivity index (χ4n) is 0.479. The lowest BCUT2D eigenvalue weighted by Gasteiger charge is -2.17. The molecule has 0 aromatic rings. The third-order valence-corrected chi connectivity index (χ3v) is 1.36. The fourth-order valence-corrected chi connectivity index (χ4v) is 0.479. The smallest absolute Gasteiger partial charge is 0.0681 e. The number of aliphatic hydroxyl groups excluding tert-OH is 1. The van der Waals surface area contributed by atoms with E-state index in [-0.39, 0.29) is 12.6 Å². The van der Waals surface area contributed by atoms with Gasteiger partial charge in [-0.3, -0.25) is 4.90 Å². The van der Waals surface area contributed by atoms with Crippen LogP contribution in [-0.4, -0.2) is 36.2 Å². The summed E-state index contributed by atoms with van der Waals surface area (Å²) in [6, 6.07) is 0.122. The third kappa shape index (κ3) is 3.12. The van der Waals surface area contributed by atoms with Crippen molar-refractivity contribution in [3.05, 3.63) is 0 Å². The molecule has 0 bridgehead atoms. The Hall–Kier alpha value is -0.520. The first kappa shape index (κ1) is 8.48. The average molecular weight is 127 g/mol. The minimum atomic E-state index is 0.122. The van der Waals surface area contributed by atoms with Crippen molar-refractivity contribution >= 4 is 0 Å². The SMILES string of the molecule is C#CC(C)N(C)CCO. The lowest BCUT2D eigenvalue weighted by atomic mass is 10.3. The molecule has 0 fully saturated rings. The molecule has 0 aromatic carbocycles. The van der Waals surface area contributed by atoms with Crippen molar-refractivity contribution in [3.63, 3.8) is 0 Å². The van der Waals surface area contributed by atoms with Gasteiger partial charge < -0.3 is 5.11 Å². The van der Waals surface area contributed by atoms with Crippen molar-refractivity contribution in [3.8, 4) is 12.3 Å². The standard InChI is InChI=1S/C7H13NO/c1-4-7(2)8(3)5-6-9/h1,7,9H,5-6H2,2-3H3. The summed E-state index contributed by atoms with van der Waals surface area (Å²) in [6.07, 6.45) is 5.13. The Bertz CT molecular complexity index is 106. The quantitative estimate of drug-likeness (QED) is 0.536. The molecule has 52 valence electrons. The average Bonchev–Trinajstić information content (AvgIpc) is 1.87. The van der Waals surface area contributed by atoms with Crippen LogP contribution in [-0.2, 0) is 0 Å². The van der Waals surface area contributed by atoms with Gasteiger partial charge in [-0.25, -0.2) is 0 Å². The molecule has 2 heteroatoms.